The van der Waals surface area contributed by atoms with Gasteiger partial charge in [-0.25, -0.2) is 9.97 Å². The minimum absolute atomic E-state index is 0.0479. The summed E-state index contributed by atoms with van der Waals surface area (Å²) in [5, 5.41) is 15.9. The normalized spacial score (nSPS) is 13.2. The lowest BCUT2D eigenvalue weighted by molar-refractivity contribution is 0.235. The van der Waals surface area contributed by atoms with Crippen molar-refractivity contribution < 1.29 is 5.11 Å². The van der Waals surface area contributed by atoms with E-state index >= 15 is 0 Å². The van der Waals surface area contributed by atoms with Gasteiger partial charge in [-0.05, 0) is 18.8 Å². The second-order valence-electron chi connectivity index (χ2n) is 6.14. The van der Waals surface area contributed by atoms with Gasteiger partial charge in [0.1, 0.15) is 17.5 Å². The molecular formula is C15H28N4O. The molecule has 1 atom stereocenters. The second-order valence-corrected chi connectivity index (χ2v) is 6.14. The standard InChI is InChI=1S/C15H28N4O/c1-7-12-18-13(16-6)10(2)14(19-12)17-11(8-9-20)15(3,4)5/h11,20H,7-9H2,1-6H3,(H2,16,17,18,19). The monoisotopic (exact) mass is 280 g/mol. The van der Waals surface area contributed by atoms with Gasteiger partial charge >= 0.3 is 0 Å². The molecule has 0 fully saturated rings. The van der Waals surface area contributed by atoms with Gasteiger partial charge in [0, 0.05) is 31.7 Å². The maximum atomic E-state index is 9.26. The lowest BCUT2D eigenvalue weighted by Gasteiger charge is -2.32. The average molecular weight is 280 g/mol. The molecule has 0 aromatic carbocycles. The lowest BCUT2D eigenvalue weighted by Crippen LogP contribution is -2.35. The van der Waals surface area contributed by atoms with Crippen LogP contribution in [-0.2, 0) is 6.42 Å². The van der Waals surface area contributed by atoms with Crippen molar-refractivity contribution in [3.63, 3.8) is 0 Å². The Bertz CT molecular complexity index is 440. The number of aromatic nitrogens is 2. The summed E-state index contributed by atoms with van der Waals surface area (Å²) in [6, 6.07) is 0.163. The largest absolute Gasteiger partial charge is 0.396 e. The van der Waals surface area contributed by atoms with Crippen molar-refractivity contribution >= 4 is 11.6 Å². The quantitative estimate of drug-likeness (QED) is 0.747. The first-order valence-corrected chi connectivity index (χ1v) is 7.26. The average Bonchev–Trinajstić information content (AvgIpc) is 2.39. The number of rotatable bonds is 6. The zero-order chi connectivity index (χ0) is 15.3. The van der Waals surface area contributed by atoms with Crippen molar-refractivity contribution in [2.45, 2.75) is 53.5 Å². The number of hydrogen-bond donors (Lipinski definition) is 3. The van der Waals surface area contributed by atoms with Crippen LogP contribution in [0.5, 0.6) is 0 Å². The number of anilines is 2. The number of aryl methyl sites for hydroxylation is 1. The van der Waals surface area contributed by atoms with E-state index in [2.05, 4.69) is 41.4 Å². The molecule has 0 spiro atoms. The Labute approximate surface area is 122 Å². The van der Waals surface area contributed by atoms with Crippen LogP contribution < -0.4 is 10.6 Å². The molecular weight excluding hydrogens is 252 g/mol. The zero-order valence-electron chi connectivity index (χ0n) is 13.5. The van der Waals surface area contributed by atoms with E-state index in [0.29, 0.717) is 6.42 Å². The van der Waals surface area contributed by atoms with Gasteiger partial charge in [-0.15, -0.1) is 0 Å². The van der Waals surface area contributed by atoms with Crippen molar-refractivity contribution in [2.24, 2.45) is 5.41 Å². The van der Waals surface area contributed by atoms with Crippen molar-refractivity contribution in [1.29, 1.82) is 0 Å². The molecule has 0 radical (unpaired) electrons. The van der Waals surface area contributed by atoms with Crippen LogP contribution in [0.4, 0.5) is 11.6 Å². The summed E-state index contributed by atoms with van der Waals surface area (Å²) in [4.78, 5) is 9.06. The second kappa shape index (κ2) is 6.88. The van der Waals surface area contributed by atoms with Crippen LogP contribution in [0.2, 0.25) is 0 Å². The molecule has 1 aromatic heterocycles. The van der Waals surface area contributed by atoms with E-state index in [4.69, 9.17) is 0 Å². The maximum absolute atomic E-state index is 9.26. The Morgan fingerprint density at radius 3 is 2.25 bits per heavy atom. The third-order valence-corrected chi connectivity index (χ3v) is 3.52. The van der Waals surface area contributed by atoms with Gasteiger partial charge in [0.15, 0.2) is 0 Å². The zero-order valence-corrected chi connectivity index (χ0v) is 13.5. The van der Waals surface area contributed by atoms with E-state index < -0.39 is 0 Å². The van der Waals surface area contributed by atoms with Crippen LogP contribution in [0.15, 0.2) is 0 Å². The van der Waals surface area contributed by atoms with E-state index in [9.17, 15) is 5.11 Å². The van der Waals surface area contributed by atoms with E-state index in [1.54, 1.807) is 0 Å². The highest BCUT2D eigenvalue weighted by Gasteiger charge is 2.25. The molecule has 1 heterocycles. The van der Waals surface area contributed by atoms with Crippen molar-refractivity contribution in [3.05, 3.63) is 11.4 Å². The Hall–Kier alpha value is -1.36. The van der Waals surface area contributed by atoms with Crippen molar-refractivity contribution in [3.8, 4) is 0 Å². The van der Waals surface area contributed by atoms with E-state index in [1.165, 1.54) is 0 Å². The Kier molecular flexibility index (Phi) is 5.74. The van der Waals surface area contributed by atoms with Crippen LogP contribution in [0, 0.1) is 12.3 Å². The molecule has 5 nitrogen and oxygen atoms in total. The first-order valence-electron chi connectivity index (χ1n) is 7.26. The summed E-state index contributed by atoms with van der Waals surface area (Å²) in [5.41, 5.74) is 1.06. The van der Waals surface area contributed by atoms with Gasteiger partial charge in [0.25, 0.3) is 0 Å². The van der Waals surface area contributed by atoms with Gasteiger partial charge < -0.3 is 15.7 Å². The highest BCUT2D eigenvalue weighted by molar-refractivity contribution is 5.57. The summed E-state index contributed by atoms with van der Waals surface area (Å²) in [6.07, 6.45) is 1.49. The lowest BCUT2D eigenvalue weighted by atomic mass is 9.85. The molecule has 1 unspecified atom stereocenters. The predicted octanol–water partition coefficient (Wildman–Crippen LogP) is 2.60. The summed E-state index contributed by atoms with van der Waals surface area (Å²) in [6.45, 7) is 10.7. The van der Waals surface area contributed by atoms with Crippen LogP contribution in [-0.4, -0.2) is 34.8 Å². The number of hydrogen-bond acceptors (Lipinski definition) is 5. The molecule has 0 bridgehead atoms. The van der Waals surface area contributed by atoms with Crippen molar-refractivity contribution in [2.75, 3.05) is 24.3 Å². The molecule has 0 aliphatic carbocycles. The van der Waals surface area contributed by atoms with Crippen LogP contribution in [0.1, 0.15) is 45.5 Å². The number of nitrogens with one attached hydrogen (secondary N) is 2. The van der Waals surface area contributed by atoms with E-state index in [0.717, 1.165) is 29.4 Å². The van der Waals surface area contributed by atoms with Gasteiger partial charge in [-0.2, -0.15) is 0 Å². The molecule has 5 heteroatoms. The topological polar surface area (TPSA) is 70.1 Å². The highest BCUT2D eigenvalue weighted by atomic mass is 16.3. The fourth-order valence-corrected chi connectivity index (χ4v) is 2.12. The summed E-state index contributed by atoms with van der Waals surface area (Å²) in [5.74, 6) is 2.53. The number of aliphatic hydroxyl groups is 1. The SMILES string of the molecule is CCc1nc(NC)c(C)c(NC(CCO)C(C)(C)C)n1. The molecule has 1 rings (SSSR count). The molecule has 1 aromatic rings. The summed E-state index contributed by atoms with van der Waals surface area (Å²) in [7, 11) is 1.87. The first kappa shape index (κ1) is 16.7. The third kappa shape index (κ3) is 4.07. The predicted molar refractivity (Wildman–Crippen MR) is 84.3 cm³/mol. The van der Waals surface area contributed by atoms with E-state index in [-0.39, 0.29) is 18.1 Å². The van der Waals surface area contributed by atoms with Gasteiger partial charge in [-0.3, -0.25) is 0 Å². The fraction of sp³-hybridized carbons (Fsp3) is 0.733. The Balaban J connectivity index is 3.11. The van der Waals surface area contributed by atoms with Crippen LogP contribution in [0.25, 0.3) is 0 Å². The summed E-state index contributed by atoms with van der Waals surface area (Å²) < 4.78 is 0. The molecule has 0 aliphatic heterocycles. The highest BCUT2D eigenvalue weighted by Crippen LogP contribution is 2.28. The minimum Gasteiger partial charge on any atom is -0.396 e. The fourth-order valence-electron chi connectivity index (χ4n) is 2.12. The molecule has 0 aliphatic rings. The van der Waals surface area contributed by atoms with Gasteiger partial charge in [0.2, 0.25) is 0 Å². The maximum Gasteiger partial charge on any atom is 0.135 e. The molecule has 0 saturated heterocycles. The Morgan fingerprint density at radius 2 is 1.80 bits per heavy atom. The minimum atomic E-state index is 0.0479. The summed E-state index contributed by atoms with van der Waals surface area (Å²) >= 11 is 0. The molecule has 0 amide bonds. The molecule has 114 valence electrons. The first-order chi connectivity index (χ1) is 9.33. The smallest absolute Gasteiger partial charge is 0.135 e. The van der Waals surface area contributed by atoms with Crippen LogP contribution >= 0.6 is 0 Å². The number of nitrogens with zero attached hydrogens (tertiary/aromatic N) is 2. The van der Waals surface area contributed by atoms with Gasteiger partial charge in [-0.1, -0.05) is 27.7 Å². The third-order valence-electron chi connectivity index (χ3n) is 3.52. The van der Waals surface area contributed by atoms with Crippen LogP contribution in [0.3, 0.4) is 0 Å². The van der Waals surface area contributed by atoms with Crippen molar-refractivity contribution in [1.82, 2.24) is 9.97 Å². The van der Waals surface area contributed by atoms with Gasteiger partial charge in [0.05, 0.1) is 0 Å². The number of aliphatic hydroxyl groups excluding tert-OH is 1. The Morgan fingerprint density at radius 1 is 1.20 bits per heavy atom. The van der Waals surface area contributed by atoms with E-state index in [1.807, 2.05) is 20.9 Å². The molecule has 20 heavy (non-hydrogen) atoms. The molecule has 0 saturated carbocycles. The molecule has 3 N–H and O–H groups in total.